The van der Waals surface area contributed by atoms with E-state index in [1.807, 2.05) is 0 Å². The summed E-state index contributed by atoms with van der Waals surface area (Å²) in [5, 5.41) is 2.98. The first kappa shape index (κ1) is 6.89. The maximum absolute atomic E-state index is 10.7. The Morgan fingerprint density at radius 2 is 2.27 bits per heavy atom. The van der Waals surface area contributed by atoms with E-state index in [4.69, 9.17) is 0 Å². The van der Waals surface area contributed by atoms with Crippen LogP contribution in [0.2, 0.25) is 0 Å². The average molecular weight is 151 g/mol. The number of hydrogen-bond acceptors (Lipinski definition) is 1. The average Bonchev–Trinajstić information content (AvgIpc) is 2.45. The number of carbonyl (C=O) groups is 1. The predicted octanol–water partition coefficient (Wildman–Crippen LogP) is 1.09. The van der Waals surface area contributed by atoms with E-state index < -0.39 is 0 Å². The van der Waals surface area contributed by atoms with Gasteiger partial charge in [0.15, 0.2) is 0 Å². The molecule has 1 saturated carbocycles. The van der Waals surface area contributed by atoms with Crippen molar-refractivity contribution < 1.29 is 4.79 Å². The third-order valence-corrected chi connectivity index (χ3v) is 2.67. The Balaban J connectivity index is 1.98. The van der Waals surface area contributed by atoms with Gasteiger partial charge in [0.1, 0.15) is 0 Å². The number of rotatable bonds is 1. The highest BCUT2D eigenvalue weighted by molar-refractivity contribution is 5.73. The first-order valence-electron chi connectivity index (χ1n) is 4.21. The Labute approximate surface area is 66.7 Å². The molecule has 0 saturated heterocycles. The largest absolute Gasteiger partial charge is 0.353 e. The van der Waals surface area contributed by atoms with Crippen molar-refractivity contribution in [3.8, 4) is 0 Å². The van der Waals surface area contributed by atoms with Crippen LogP contribution >= 0.6 is 0 Å². The van der Waals surface area contributed by atoms with Gasteiger partial charge in [0.05, 0.1) is 0 Å². The molecule has 0 aliphatic heterocycles. The lowest BCUT2D eigenvalue weighted by Gasteiger charge is -2.18. The van der Waals surface area contributed by atoms with Crippen molar-refractivity contribution in [2.24, 2.45) is 11.8 Å². The van der Waals surface area contributed by atoms with Crippen molar-refractivity contribution >= 4 is 5.91 Å². The van der Waals surface area contributed by atoms with Gasteiger partial charge in [-0.1, -0.05) is 12.2 Å². The van der Waals surface area contributed by atoms with E-state index in [1.165, 1.54) is 6.42 Å². The van der Waals surface area contributed by atoms with Crippen LogP contribution in [0.5, 0.6) is 0 Å². The topological polar surface area (TPSA) is 29.1 Å². The molecular formula is C9H13NO. The quantitative estimate of drug-likeness (QED) is 0.558. The fourth-order valence-electron chi connectivity index (χ4n) is 2.21. The highest BCUT2D eigenvalue weighted by Crippen LogP contribution is 2.38. The SMILES string of the molecule is CC(=O)NC1CC2C=CC1C2. The molecule has 2 bridgehead atoms. The van der Waals surface area contributed by atoms with Crippen LogP contribution in [0.1, 0.15) is 19.8 Å². The van der Waals surface area contributed by atoms with Gasteiger partial charge in [-0.3, -0.25) is 4.79 Å². The molecule has 3 unspecified atom stereocenters. The Kier molecular flexibility index (Phi) is 1.48. The molecule has 60 valence electrons. The van der Waals surface area contributed by atoms with Gasteiger partial charge in [-0.05, 0) is 24.7 Å². The Hall–Kier alpha value is -0.790. The molecule has 2 rings (SSSR count). The fourth-order valence-corrected chi connectivity index (χ4v) is 2.21. The molecule has 2 heteroatoms. The second-order valence-corrected chi connectivity index (χ2v) is 3.59. The fraction of sp³-hybridized carbons (Fsp3) is 0.667. The molecule has 1 fully saturated rings. The van der Waals surface area contributed by atoms with Gasteiger partial charge in [0, 0.05) is 13.0 Å². The summed E-state index contributed by atoms with van der Waals surface area (Å²) in [4.78, 5) is 10.7. The third-order valence-electron chi connectivity index (χ3n) is 2.67. The lowest BCUT2D eigenvalue weighted by molar-refractivity contribution is -0.119. The number of carbonyl (C=O) groups excluding carboxylic acids is 1. The van der Waals surface area contributed by atoms with Gasteiger partial charge in [0.2, 0.25) is 5.91 Å². The van der Waals surface area contributed by atoms with Crippen molar-refractivity contribution in [3.63, 3.8) is 0 Å². The number of fused-ring (bicyclic) bond motifs is 2. The highest BCUT2D eigenvalue weighted by atomic mass is 16.1. The van der Waals surface area contributed by atoms with E-state index in [0.29, 0.717) is 12.0 Å². The lowest BCUT2D eigenvalue weighted by Crippen LogP contribution is -2.35. The molecule has 1 N–H and O–H groups in total. The molecule has 0 aromatic heterocycles. The van der Waals surface area contributed by atoms with E-state index >= 15 is 0 Å². The summed E-state index contributed by atoms with van der Waals surface area (Å²) in [6, 6.07) is 0.433. The summed E-state index contributed by atoms with van der Waals surface area (Å²) >= 11 is 0. The van der Waals surface area contributed by atoms with Crippen LogP contribution in [-0.2, 0) is 4.79 Å². The molecule has 3 atom stereocenters. The van der Waals surface area contributed by atoms with E-state index in [2.05, 4.69) is 17.5 Å². The van der Waals surface area contributed by atoms with Gasteiger partial charge in [-0.15, -0.1) is 0 Å². The van der Waals surface area contributed by atoms with Gasteiger partial charge in [-0.25, -0.2) is 0 Å². The van der Waals surface area contributed by atoms with E-state index in [9.17, 15) is 4.79 Å². The highest BCUT2D eigenvalue weighted by Gasteiger charge is 2.35. The van der Waals surface area contributed by atoms with Crippen molar-refractivity contribution in [1.82, 2.24) is 5.32 Å². The van der Waals surface area contributed by atoms with E-state index in [-0.39, 0.29) is 5.91 Å². The van der Waals surface area contributed by atoms with E-state index in [0.717, 1.165) is 12.3 Å². The minimum absolute atomic E-state index is 0.107. The van der Waals surface area contributed by atoms with Gasteiger partial charge >= 0.3 is 0 Å². The Morgan fingerprint density at radius 1 is 1.45 bits per heavy atom. The summed E-state index contributed by atoms with van der Waals surface area (Å²) in [7, 11) is 0. The maximum Gasteiger partial charge on any atom is 0.217 e. The molecule has 0 spiro atoms. The normalized spacial score (nSPS) is 39.5. The monoisotopic (exact) mass is 151 g/mol. The summed E-state index contributed by atoms with van der Waals surface area (Å²) in [5.41, 5.74) is 0. The zero-order valence-corrected chi connectivity index (χ0v) is 6.71. The molecule has 2 nitrogen and oxygen atoms in total. The molecule has 2 aliphatic rings. The Bertz CT molecular complexity index is 210. The van der Waals surface area contributed by atoms with E-state index in [1.54, 1.807) is 6.92 Å². The Morgan fingerprint density at radius 3 is 2.73 bits per heavy atom. The van der Waals surface area contributed by atoms with Crippen LogP contribution in [0.3, 0.4) is 0 Å². The number of hydrogen-bond donors (Lipinski definition) is 1. The van der Waals surface area contributed by atoms with Crippen molar-refractivity contribution in [2.45, 2.75) is 25.8 Å². The summed E-state index contributed by atoms with van der Waals surface area (Å²) < 4.78 is 0. The first-order chi connectivity index (χ1) is 5.25. The van der Waals surface area contributed by atoms with Crippen molar-refractivity contribution in [1.29, 1.82) is 0 Å². The van der Waals surface area contributed by atoms with Crippen LogP contribution < -0.4 is 5.32 Å². The van der Waals surface area contributed by atoms with Crippen LogP contribution in [0, 0.1) is 11.8 Å². The van der Waals surface area contributed by atoms with Crippen molar-refractivity contribution in [2.75, 3.05) is 0 Å². The first-order valence-corrected chi connectivity index (χ1v) is 4.21. The second kappa shape index (κ2) is 2.36. The van der Waals surface area contributed by atoms with Crippen LogP contribution in [0.4, 0.5) is 0 Å². The molecular weight excluding hydrogens is 138 g/mol. The van der Waals surface area contributed by atoms with Crippen LogP contribution in [-0.4, -0.2) is 11.9 Å². The van der Waals surface area contributed by atoms with Crippen molar-refractivity contribution in [3.05, 3.63) is 12.2 Å². The second-order valence-electron chi connectivity index (χ2n) is 3.59. The zero-order valence-electron chi connectivity index (χ0n) is 6.71. The third kappa shape index (κ3) is 1.17. The summed E-state index contributed by atoms with van der Waals surface area (Å²) in [5.74, 6) is 1.48. The molecule has 11 heavy (non-hydrogen) atoms. The summed E-state index contributed by atoms with van der Waals surface area (Å²) in [6.07, 6.45) is 6.93. The molecule has 0 heterocycles. The smallest absolute Gasteiger partial charge is 0.217 e. The standard InChI is InChI=1S/C9H13NO/c1-6(11)10-9-5-7-2-3-8(9)4-7/h2-3,7-9H,4-5H2,1H3,(H,10,11). The van der Waals surface area contributed by atoms with Gasteiger partial charge in [-0.2, -0.15) is 0 Å². The molecule has 0 aromatic rings. The zero-order chi connectivity index (χ0) is 7.84. The molecule has 0 aromatic carbocycles. The molecule has 0 radical (unpaired) electrons. The minimum Gasteiger partial charge on any atom is -0.353 e. The maximum atomic E-state index is 10.7. The lowest BCUT2D eigenvalue weighted by atomic mass is 10.0. The number of amides is 1. The molecule has 2 aliphatic carbocycles. The number of nitrogens with one attached hydrogen (secondary N) is 1. The van der Waals surface area contributed by atoms with Gasteiger partial charge < -0.3 is 5.32 Å². The van der Waals surface area contributed by atoms with Gasteiger partial charge in [0.25, 0.3) is 0 Å². The van der Waals surface area contributed by atoms with Crippen LogP contribution in [0.25, 0.3) is 0 Å². The number of allylic oxidation sites excluding steroid dienone is 1. The minimum atomic E-state index is 0.107. The summed E-state index contributed by atoms with van der Waals surface area (Å²) in [6.45, 7) is 1.59. The van der Waals surface area contributed by atoms with Crippen LogP contribution in [0.15, 0.2) is 12.2 Å². The predicted molar refractivity (Wildman–Crippen MR) is 43.0 cm³/mol. The molecule has 1 amide bonds.